The van der Waals surface area contributed by atoms with E-state index in [1.807, 2.05) is 20.8 Å². The summed E-state index contributed by atoms with van der Waals surface area (Å²) in [6, 6.07) is 7.09. The van der Waals surface area contributed by atoms with Gasteiger partial charge in [0.1, 0.15) is 35.5 Å². The van der Waals surface area contributed by atoms with E-state index in [0.29, 0.717) is 17.5 Å². The summed E-state index contributed by atoms with van der Waals surface area (Å²) in [6.45, 7) is 11.3. The van der Waals surface area contributed by atoms with Crippen molar-refractivity contribution < 1.29 is 23.0 Å². The van der Waals surface area contributed by atoms with E-state index in [0.717, 1.165) is 12.1 Å². The van der Waals surface area contributed by atoms with Crippen LogP contribution in [0.5, 0.6) is 5.88 Å². The number of alkyl carbamates (subject to hydrolysis) is 1. The highest BCUT2D eigenvalue weighted by molar-refractivity contribution is 5.94. The average Bonchev–Trinajstić information content (AvgIpc) is 2.75. The average molecular weight is 497 g/mol. The Morgan fingerprint density at radius 1 is 1.17 bits per heavy atom. The lowest BCUT2D eigenvalue weighted by atomic mass is 9.91. The van der Waals surface area contributed by atoms with Gasteiger partial charge in [0.05, 0.1) is 11.1 Å². The molecule has 0 saturated heterocycles. The highest BCUT2D eigenvalue weighted by Crippen LogP contribution is 2.32. The number of carbonyl (C=O) groups is 1. The molecule has 7 nitrogen and oxygen atoms in total. The SMILES string of the molecule is CC(C)C[C@@](C)(COc1ncc(-c2ccnc3cc(F)cc(F)c23)cc1C#N)NC(=O)OC(C)(C)C. The van der Waals surface area contributed by atoms with Crippen LogP contribution in [-0.2, 0) is 4.74 Å². The van der Waals surface area contributed by atoms with Crippen molar-refractivity contribution in [3.05, 3.63) is 53.9 Å². The smallest absolute Gasteiger partial charge is 0.408 e. The first-order chi connectivity index (χ1) is 16.8. The largest absolute Gasteiger partial charge is 0.474 e. The van der Waals surface area contributed by atoms with Gasteiger partial charge in [-0.25, -0.2) is 18.6 Å². The molecule has 0 saturated carbocycles. The molecule has 1 aromatic carbocycles. The second kappa shape index (κ2) is 10.4. The number of nitriles is 1. The Balaban J connectivity index is 1.89. The van der Waals surface area contributed by atoms with Crippen LogP contribution in [0.3, 0.4) is 0 Å². The minimum absolute atomic E-state index is 0.0392. The Morgan fingerprint density at radius 3 is 2.53 bits per heavy atom. The number of rotatable bonds is 7. The van der Waals surface area contributed by atoms with Gasteiger partial charge in [-0.2, -0.15) is 5.26 Å². The minimum Gasteiger partial charge on any atom is -0.474 e. The standard InChI is InChI=1S/C27H30F2N4O3/c1-16(2)12-27(6,33-25(34)36-26(3,4)5)15-35-24-17(13-30)9-18(14-32-24)20-7-8-31-22-11-19(28)10-21(29)23(20)22/h7-11,14,16H,12,15H2,1-6H3,(H,33,34)/t27-/m0/s1. The maximum atomic E-state index is 14.6. The second-order valence-electron chi connectivity index (χ2n) is 10.4. The quantitative estimate of drug-likeness (QED) is 0.421. The normalized spacial score (nSPS) is 13.2. The van der Waals surface area contributed by atoms with Crippen molar-refractivity contribution in [3.8, 4) is 23.1 Å². The zero-order valence-electron chi connectivity index (χ0n) is 21.3. The maximum Gasteiger partial charge on any atom is 0.408 e. The summed E-state index contributed by atoms with van der Waals surface area (Å²) in [4.78, 5) is 20.8. The van der Waals surface area contributed by atoms with Gasteiger partial charge in [0.25, 0.3) is 0 Å². The number of benzene rings is 1. The molecular formula is C27H30F2N4O3. The van der Waals surface area contributed by atoms with Gasteiger partial charge < -0.3 is 14.8 Å². The molecule has 1 N–H and O–H groups in total. The monoisotopic (exact) mass is 496 g/mol. The number of hydrogen-bond acceptors (Lipinski definition) is 6. The van der Waals surface area contributed by atoms with Crippen molar-refractivity contribution in [2.75, 3.05) is 6.61 Å². The number of nitrogens with zero attached hydrogens (tertiary/aromatic N) is 3. The Bertz CT molecular complexity index is 1310. The summed E-state index contributed by atoms with van der Waals surface area (Å²) in [5.41, 5.74) is -0.293. The lowest BCUT2D eigenvalue weighted by Gasteiger charge is -2.33. The number of halogens is 2. The summed E-state index contributed by atoms with van der Waals surface area (Å²) in [5, 5.41) is 12.8. The van der Waals surface area contributed by atoms with Crippen LogP contribution in [-0.4, -0.2) is 33.8 Å². The Kier molecular flexibility index (Phi) is 7.77. The van der Waals surface area contributed by atoms with Crippen LogP contribution in [0.15, 0.2) is 36.7 Å². The van der Waals surface area contributed by atoms with Crippen LogP contribution in [0.25, 0.3) is 22.0 Å². The van der Waals surface area contributed by atoms with Crippen LogP contribution in [0.1, 0.15) is 53.5 Å². The molecular weight excluding hydrogens is 466 g/mol. The van der Waals surface area contributed by atoms with Crippen LogP contribution in [0.4, 0.5) is 13.6 Å². The van der Waals surface area contributed by atoms with E-state index in [1.165, 1.54) is 18.5 Å². The molecule has 0 radical (unpaired) electrons. The molecule has 2 aromatic heterocycles. The first-order valence-electron chi connectivity index (χ1n) is 11.6. The maximum absolute atomic E-state index is 14.6. The number of fused-ring (bicyclic) bond motifs is 1. The number of carbonyl (C=O) groups excluding carboxylic acids is 1. The first kappa shape index (κ1) is 26.8. The van der Waals surface area contributed by atoms with Gasteiger partial charge in [-0.3, -0.25) is 4.98 Å². The van der Waals surface area contributed by atoms with E-state index in [4.69, 9.17) is 9.47 Å². The zero-order chi connectivity index (χ0) is 26.7. The topological polar surface area (TPSA) is 97.1 Å². The first-order valence-corrected chi connectivity index (χ1v) is 11.6. The van der Waals surface area contributed by atoms with Gasteiger partial charge in [0.2, 0.25) is 5.88 Å². The fraction of sp³-hybridized carbons (Fsp3) is 0.407. The number of pyridine rings is 2. The number of nitrogens with one attached hydrogen (secondary N) is 1. The number of hydrogen-bond donors (Lipinski definition) is 1. The third-order valence-electron chi connectivity index (χ3n) is 5.23. The fourth-order valence-corrected chi connectivity index (χ4v) is 4.06. The minimum atomic E-state index is -0.794. The van der Waals surface area contributed by atoms with Gasteiger partial charge in [-0.15, -0.1) is 0 Å². The predicted molar refractivity (Wildman–Crippen MR) is 132 cm³/mol. The van der Waals surface area contributed by atoms with Crippen LogP contribution in [0.2, 0.25) is 0 Å². The third kappa shape index (κ3) is 6.66. The molecule has 36 heavy (non-hydrogen) atoms. The molecule has 190 valence electrons. The van der Waals surface area contributed by atoms with E-state index in [-0.39, 0.29) is 34.9 Å². The molecule has 1 amide bonds. The lowest BCUT2D eigenvalue weighted by Crippen LogP contribution is -2.52. The van der Waals surface area contributed by atoms with Gasteiger partial charge >= 0.3 is 6.09 Å². The van der Waals surface area contributed by atoms with Gasteiger partial charge in [0.15, 0.2) is 0 Å². The molecule has 0 fully saturated rings. The fourth-order valence-electron chi connectivity index (χ4n) is 4.06. The van der Waals surface area contributed by atoms with Gasteiger partial charge in [-0.1, -0.05) is 13.8 Å². The van der Waals surface area contributed by atoms with Crippen molar-refractivity contribution >= 4 is 17.0 Å². The zero-order valence-corrected chi connectivity index (χ0v) is 21.3. The molecule has 0 aliphatic rings. The van der Waals surface area contributed by atoms with Crippen molar-refractivity contribution in [2.45, 2.75) is 59.1 Å². The summed E-state index contributed by atoms with van der Waals surface area (Å²) < 4.78 is 39.5. The van der Waals surface area contributed by atoms with Crippen molar-refractivity contribution in [2.24, 2.45) is 5.92 Å². The Morgan fingerprint density at radius 2 is 1.89 bits per heavy atom. The molecule has 3 rings (SSSR count). The Hall–Kier alpha value is -3.80. The van der Waals surface area contributed by atoms with Crippen molar-refractivity contribution in [1.82, 2.24) is 15.3 Å². The summed E-state index contributed by atoms with van der Waals surface area (Å²) in [7, 11) is 0. The number of aromatic nitrogens is 2. The molecule has 0 spiro atoms. The van der Waals surface area contributed by atoms with Crippen LogP contribution in [0, 0.1) is 28.9 Å². The van der Waals surface area contributed by atoms with Gasteiger partial charge in [-0.05, 0) is 57.7 Å². The number of ether oxygens (including phenoxy) is 2. The van der Waals surface area contributed by atoms with E-state index >= 15 is 0 Å². The van der Waals surface area contributed by atoms with E-state index in [2.05, 4.69) is 21.4 Å². The van der Waals surface area contributed by atoms with E-state index in [9.17, 15) is 18.8 Å². The third-order valence-corrected chi connectivity index (χ3v) is 5.23. The molecule has 0 unspecified atom stereocenters. The second-order valence-corrected chi connectivity index (χ2v) is 10.4. The van der Waals surface area contributed by atoms with Gasteiger partial charge in [0, 0.05) is 35.5 Å². The molecule has 9 heteroatoms. The summed E-state index contributed by atoms with van der Waals surface area (Å²) >= 11 is 0. The Labute approximate surface area is 209 Å². The lowest BCUT2D eigenvalue weighted by molar-refractivity contribution is 0.0405. The molecule has 0 aliphatic carbocycles. The van der Waals surface area contributed by atoms with Crippen LogP contribution >= 0.6 is 0 Å². The molecule has 1 atom stereocenters. The summed E-state index contributed by atoms with van der Waals surface area (Å²) in [6.07, 6.45) is 2.91. The number of amides is 1. The van der Waals surface area contributed by atoms with Crippen LogP contribution < -0.4 is 10.1 Å². The van der Waals surface area contributed by atoms with E-state index < -0.39 is 28.9 Å². The highest BCUT2D eigenvalue weighted by atomic mass is 19.1. The molecule has 0 bridgehead atoms. The highest BCUT2D eigenvalue weighted by Gasteiger charge is 2.31. The molecule has 2 heterocycles. The van der Waals surface area contributed by atoms with Crippen molar-refractivity contribution in [1.29, 1.82) is 5.26 Å². The van der Waals surface area contributed by atoms with E-state index in [1.54, 1.807) is 26.8 Å². The molecule has 0 aliphatic heterocycles. The molecule has 3 aromatic rings. The summed E-state index contributed by atoms with van der Waals surface area (Å²) in [5.74, 6) is -1.18. The predicted octanol–water partition coefficient (Wildman–Crippen LogP) is 6.15. The van der Waals surface area contributed by atoms with Crippen molar-refractivity contribution in [3.63, 3.8) is 0 Å².